The minimum absolute atomic E-state index is 0.395. The third kappa shape index (κ3) is 1.93. The van der Waals surface area contributed by atoms with Crippen LogP contribution in [-0.4, -0.2) is 4.98 Å². The van der Waals surface area contributed by atoms with E-state index < -0.39 is 0 Å². The third-order valence-electron chi connectivity index (χ3n) is 1.65. The largest absolute Gasteiger partial charge is 0.444 e. The van der Waals surface area contributed by atoms with Crippen molar-refractivity contribution in [1.29, 1.82) is 0 Å². The van der Waals surface area contributed by atoms with Gasteiger partial charge in [0.1, 0.15) is 6.26 Å². The summed E-state index contributed by atoms with van der Waals surface area (Å²) in [4.78, 5) is 4.24. The number of nitrogens with two attached hydrogens (primary N) is 1. The molecular weight excluding hydrogens is 332 g/mol. The van der Waals surface area contributed by atoms with E-state index >= 15 is 0 Å². The lowest BCUT2D eigenvalue weighted by molar-refractivity contribution is 0.572. The Morgan fingerprint density at radius 3 is 2.79 bits per heavy atom. The van der Waals surface area contributed by atoms with Gasteiger partial charge in [-0.15, -0.1) is 11.3 Å². The van der Waals surface area contributed by atoms with Crippen molar-refractivity contribution < 1.29 is 4.42 Å². The van der Waals surface area contributed by atoms with Crippen molar-refractivity contribution in [3.8, 4) is 11.5 Å². The molecule has 0 radical (unpaired) electrons. The zero-order valence-electron chi connectivity index (χ0n) is 6.96. The van der Waals surface area contributed by atoms with E-state index in [4.69, 9.17) is 10.2 Å². The van der Waals surface area contributed by atoms with Crippen LogP contribution in [0, 0.1) is 0 Å². The maximum atomic E-state index is 5.44. The first-order valence-electron chi connectivity index (χ1n) is 3.80. The maximum Gasteiger partial charge on any atom is 0.228 e. The Morgan fingerprint density at radius 2 is 2.29 bits per heavy atom. The van der Waals surface area contributed by atoms with Crippen molar-refractivity contribution >= 4 is 43.2 Å². The Hall–Kier alpha value is -0.170. The molecule has 0 saturated heterocycles. The molecule has 0 aliphatic carbocycles. The molecule has 2 aromatic heterocycles. The summed E-state index contributed by atoms with van der Waals surface area (Å²) < 4.78 is 7.33. The summed E-state index contributed by atoms with van der Waals surface area (Å²) in [7, 11) is 0. The fourth-order valence-corrected chi connectivity index (χ4v) is 3.79. The van der Waals surface area contributed by atoms with Gasteiger partial charge in [-0.1, -0.05) is 0 Å². The van der Waals surface area contributed by atoms with Crippen molar-refractivity contribution in [3.05, 3.63) is 25.6 Å². The van der Waals surface area contributed by atoms with Crippen LogP contribution < -0.4 is 5.73 Å². The van der Waals surface area contributed by atoms with E-state index in [9.17, 15) is 0 Å². The van der Waals surface area contributed by atoms with Crippen LogP contribution in [0.4, 0.5) is 0 Å². The molecule has 6 heteroatoms. The number of hydrogen-bond acceptors (Lipinski definition) is 4. The standard InChI is InChI=1S/C8H6Br2N2OS/c9-6-1-5(7(10)14-6)8-12-4(2-11)3-13-8/h1,3H,2,11H2. The molecule has 2 N–H and O–H groups in total. The Bertz CT molecular complexity index is 452. The van der Waals surface area contributed by atoms with Crippen LogP contribution >= 0.6 is 43.2 Å². The van der Waals surface area contributed by atoms with E-state index in [0.29, 0.717) is 12.4 Å². The molecule has 0 unspecified atom stereocenters. The highest BCUT2D eigenvalue weighted by molar-refractivity contribution is 9.12. The summed E-state index contributed by atoms with van der Waals surface area (Å²) >= 11 is 8.42. The van der Waals surface area contributed by atoms with Gasteiger partial charge in [0.05, 0.1) is 18.8 Å². The number of oxazole rings is 1. The average Bonchev–Trinajstić information content (AvgIpc) is 2.71. The molecule has 2 aromatic rings. The average molecular weight is 338 g/mol. The number of hydrogen-bond donors (Lipinski definition) is 1. The van der Waals surface area contributed by atoms with Crippen molar-refractivity contribution in [2.45, 2.75) is 6.54 Å². The molecule has 14 heavy (non-hydrogen) atoms. The summed E-state index contributed by atoms with van der Waals surface area (Å²) in [5, 5.41) is 0. The molecule has 0 aromatic carbocycles. The van der Waals surface area contributed by atoms with Gasteiger partial charge < -0.3 is 10.2 Å². The Morgan fingerprint density at radius 1 is 1.50 bits per heavy atom. The zero-order valence-corrected chi connectivity index (χ0v) is 10.9. The monoisotopic (exact) mass is 336 g/mol. The molecular formula is C8H6Br2N2OS. The SMILES string of the molecule is NCc1coc(-c2cc(Br)sc2Br)n1. The van der Waals surface area contributed by atoms with Crippen LogP contribution in [0.5, 0.6) is 0 Å². The van der Waals surface area contributed by atoms with E-state index in [1.165, 1.54) is 0 Å². The minimum Gasteiger partial charge on any atom is -0.444 e. The van der Waals surface area contributed by atoms with Gasteiger partial charge in [-0.2, -0.15) is 0 Å². The first kappa shape index (κ1) is 10.4. The fourth-order valence-electron chi connectivity index (χ4n) is 1.01. The van der Waals surface area contributed by atoms with E-state index in [-0.39, 0.29) is 0 Å². The summed E-state index contributed by atoms with van der Waals surface area (Å²) in [5.74, 6) is 0.597. The number of rotatable bonds is 2. The lowest BCUT2D eigenvalue weighted by Crippen LogP contribution is -1.95. The van der Waals surface area contributed by atoms with Crippen LogP contribution in [0.1, 0.15) is 5.69 Å². The van der Waals surface area contributed by atoms with Crippen molar-refractivity contribution in [1.82, 2.24) is 4.98 Å². The molecule has 0 aliphatic rings. The topological polar surface area (TPSA) is 52.0 Å². The lowest BCUT2D eigenvalue weighted by atomic mass is 10.3. The van der Waals surface area contributed by atoms with Gasteiger partial charge in [-0.3, -0.25) is 0 Å². The highest BCUT2D eigenvalue weighted by Crippen LogP contribution is 2.37. The number of aromatic nitrogens is 1. The lowest BCUT2D eigenvalue weighted by Gasteiger charge is -1.89. The molecule has 3 nitrogen and oxygen atoms in total. The smallest absolute Gasteiger partial charge is 0.228 e. The predicted octanol–water partition coefficient (Wildman–Crippen LogP) is 3.39. The van der Waals surface area contributed by atoms with Gasteiger partial charge >= 0.3 is 0 Å². The molecule has 0 bridgehead atoms. The molecule has 0 fully saturated rings. The van der Waals surface area contributed by atoms with Gasteiger partial charge in [-0.25, -0.2) is 4.98 Å². The van der Waals surface area contributed by atoms with Crippen LogP contribution in [0.3, 0.4) is 0 Å². The van der Waals surface area contributed by atoms with E-state index in [0.717, 1.165) is 18.8 Å². The maximum absolute atomic E-state index is 5.44. The van der Waals surface area contributed by atoms with Crippen LogP contribution in [-0.2, 0) is 6.54 Å². The molecule has 2 rings (SSSR count). The quantitative estimate of drug-likeness (QED) is 0.913. The van der Waals surface area contributed by atoms with Crippen LogP contribution in [0.2, 0.25) is 0 Å². The molecule has 0 aliphatic heterocycles. The van der Waals surface area contributed by atoms with Crippen molar-refractivity contribution in [2.24, 2.45) is 5.73 Å². The van der Waals surface area contributed by atoms with Gasteiger partial charge in [0, 0.05) is 6.54 Å². The zero-order chi connectivity index (χ0) is 10.1. The van der Waals surface area contributed by atoms with Gasteiger partial charge in [0.25, 0.3) is 0 Å². The van der Waals surface area contributed by atoms with Crippen LogP contribution in [0.25, 0.3) is 11.5 Å². The number of thiophene rings is 1. The molecule has 74 valence electrons. The van der Waals surface area contributed by atoms with Gasteiger partial charge in [0.2, 0.25) is 5.89 Å². The summed E-state index contributed by atoms with van der Waals surface area (Å²) in [6.07, 6.45) is 1.58. The van der Waals surface area contributed by atoms with Crippen LogP contribution in [0.15, 0.2) is 24.3 Å². The Labute approximate surface area is 102 Å². The Balaban J connectivity index is 2.43. The Kier molecular flexibility index (Phi) is 3.06. The second kappa shape index (κ2) is 4.14. The first-order chi connectivity index (χ1) is 6.70. The fraction of sp³-hybridized carbons (Fsp3) is 0.125. The van der Waals surface area contributed by atoms with E-state index in [1.54, 1.807) is 17.6 Å². The molecule has 0 atom stereocenters. The highest BCUT2D eigenvalue weighted by Gasteiger charge is 2.12. The van der Waals surface area contributed by atoms with E-state index in [2.05, 4.69) is 36.8 Å². The second-order valence-electron chi connectivity index (χ2n) is 2.59. The number of nitrogens with zero attached hydrogens (tertiary/aromatic N) is 1. The molecule has 0 saturated carbocycles. The molecule has 0 amide bonds. The summed E-state index contributed by atoms with van der Waals surface area (Å²) in [6, 6.07) is 1.96. The van der Waals surface area contributed by atoms with E-state index in [1.807, 2.05) is 6.07 Å². The predicted molar refractivity (Wildman–Crippen MR) is 63.1 cm³/mol. The van der Waals surface area contributed by atoms with Crippen molar-refractivity contribution in [3.63, 3.8) is 0 Å². The third-order valence-corrected chi connectivity index (χ3v) is 3.99. The summed E-state index contributed by atoms with van der Waals surface area (Å²) in [6.45, 7) is 0.395. The van der Waals surface area contributed by atoms with Gasteiger partial charge in [-0.05, 0) is 37.9 Å². The molecule has 2 heterocycles. The van der Waals surface area contributed by atoms with Gasteiger partial charge in [0.15, 0.2) is 0 Å². The first-order valence-corrected chi connectivity index (χ1v) is 6.20. The normalized spacial score (nSPS) is 10.8. The highest BCUT2D eigenvalue weighted by atomic mass is 79.9. The second-order valence-corrected chi connectivity index (χ2v) is 6.34. The number of halogens is 2. The molecule has 0 spiro atoms. The minimum atomic E-state index is 0.395. The summed E-state index contributed by atoms with van der Waals surface area (Å²) in [5.41, 5.74) is 7.15. The van der Waals surface area contributed by atoms with Crippen molar-refractivity contribution in [2.75, 3.05) is 0 Å².